The lowest BCUT2D eigenvalue weighted by Crippen LogP contribution is -2.37. The molecule has 1 aromatic heterocycles. The Labute approximate surface area is 169 Å². The summed E-state index contributed by atoms with van der Waals surface area (Å²) in [5.74, 6) is 0.885. The Kier molecular flexibility index (Phi) is 5.80. The van der Waals surface area contributed by atoms with Crippen LogP contribution < -0.4 is 5.56 Å². The van der Waals surface area contributed by atoms with Crippen LogP contribution >= 0.6 is 11.8 Å². The van der Waals surface area contributed by atoms with Gasteiger partial charge in [-0.05, 0) is 37.1 Å². The van der Waals surface area contributed by atoms with Crippen LogP contribution in [-0.2, 0) is 4.74 Å². The van der Waals surface area contributed by atoms with Crippen LogP contribution in [-0.4, -0.2) is 53.1 Å². The molecule has 0 amide bonds. The SMILES string of the molecule is Cc1cccc(C)c1-n1c(SCCN2CCOCC2)nc2ccccc2c1=O. The molecule has 0 N–H and O–H groups in total. The van der Waals surface area contributed by atoms with E-state index < -0.39 is 0 Å². The average Bonchev–Trinajstić information content (AvgIpc) is 2.71. The lowest BCUT2D eigenvalue weighted by atomic mass is 10.1. The van der Waals surface area contributed by atoms with E-state index in [4.69, 9.17) is 9.72 Å². The molecule has 2 aromatic carbocycles. The third-order valence-electron chi connectivity index (χ3n) is 5.15. The van der Waals surface area contributed by atoms with Gasteiger partial charge >= 0.3 is 0 Å². The van der Waals surface area contributed by atoms with Gasteiger partial charge in [-0.25, -0.2) is 4.98 Å². The second-order valence-corrected chi connectivity index (χ2v) is 8.16. The van der Waals surface area contributed by atoms with E-state index in [-0.39, 0.29) is 5.56 Å². The quantitative estimate of drug-likeness (QED) is 0.489. The molecule has 1 saturated heterocycles. The summed E-state index contributed by atoms with van der Waals surface area (Å²) in [6.45, 7) is 8.59. The molecule has 0 atom stereocenters. The molecule has 28 heavy (non-hydrogen) atoms. The molecular weight excluding hydrogens is 370 g/mol. The van der Waals surface area contributed by atoms with Crippen molar-refractivity contribution in [2.24, 2.45) is 0 Å². The number of benzene rings is 2. The fourth-order valence-corrected chi connectivity index (χ4v) is 4.65. The first kappa shape index (κ1) is 19.2. The van der Waals surface area contributed by atoms with Crippen LogP contribution in [0.25, 0.3) is 16.6 Å². The first-order chi connectivity index (χ1) is 13.6. The number of morpholine rings is 1. The summed E-state index contributed by atoms with van der Waals surface area (Å²) in [6.07, 6.45) is 0. The van der Waals surface area contributed by atoms with Crippen LogP contribution in [0.1, 0.15) is 11.1 Å². The molecule has 4 rings (SSSR count). The minimum Gasteiger partial charge on any atom is -0.379 e. The third kappa shape index (κ3) is 3.85. The number of ether oxygens (including phenoxy) is 1. The minimum atomic E-state index is -0.00290. The van der Waals surface area contributed by atoms with Gasteiger partial charge in [-0.2, -0.15) is 0 Å². The number of thioether (sulfide) groups is 1. The normalized spacial score (nSPS) is 15.2. The highest BCUT2D eigenvalue weighted by Gasteiger charge is 2.17. The summed E-state index contributed by atoms with van der Waals surface area (Å²) in [5, 5.41) is 1.41. The average molecular weight is 396 g/mol. The molecule has 0 bridgehead atoms. The van der Waals surface area contributed by atoms with Crippen molar-refractivity contribution in [3.05, 3.63) is 63.9 Å². The lowest BCUT2D eigenvalue weighted by Gasteiger charge is -2.26. The molecule has 146 valence electrons. The van der Waals surface area contributed by atoms with Gasteiger partial charge in [0.05, 0.1) is 29.8 Å². The van der Waals surface area contributed by atoms with Gasteiger partial charge in [-0.3, -0.25) is 14.3 Å². The fourth-order valence-electron chi connectivity index (χ4n) is 3.66. The maximum absolute atomic E-state index is 13.4. The summed E-state index contributed by atoms with van der Waals surface area (Å²) >= 11 is 1.65. The van der Waals surface area contributed by atoms with Gasteiger partial charge in [0.15, 0.2) is 5.16 Å². The van der Waals surface area contributed by atoms with Crippen molar-refractivity contribution in [2.45, 2.75) is 19.0 Å². The zero-order chi connectivity index (χ0) is 19.5. The molecule has 0 spiro atoms. The zero-order valence-electron chi connectivity index (χ0n) is 16.4. The molecule has 1 fully saturated rings. The maximum atomic E-state index is 13.4. The number of hydrogen-bond donors (Lipinski definition) is 0. The first-order valence-corrected chi connectivity index (χ1v) is 10.6. The molecule has 1 aliphatic rings. The molecule has 2 heterocycles. The third-order valence-corrected chi connectivity index (χ3v) is 6.07. The number of hydrogen-bond acceptors (Lipinski definition) is 5. The highest BCUT2D eigenvalue weighted by molar-refractivity contribution is 7.99. The molecular formula is C22H25N3O2S. The van der Waals surface area contributed by atoms with Crippen LogP contribution in [0.4, 0.5) is 0 Å². The van der Waals surface area contributed by atoms with E-state index in [0.717, 1.165) is 66.1 Å². The number of rotatable bonds is 5. The van der Waals surface area contributed by atoms with Crippen LogP contribution in [0.2, 0.25) is 0 Å². The van der Waals surface area contributed by atoms with Gasteiger partial charge in [-0.15, -0.1) is 0 Å². The molecule has 0 aliphatic carbocycles. The van der Waals surface area contributed by atoms with Gasteiger partial charge in [0.2, 0.25) is 0 Å². The Bertz CT molecular complexity index is 1020. The van der Waals surface area contributed by atoms with Crippen molar-refractivity contribution in [2.75, 3.05) is 38.6 Å². The van der Waals surface area contributed by atoms with Gasteiger partial charge in [0, 0.05) is 25.4 Å². The zero-order valence-corrected chi connectivity index (χ0v) is 17.2. The summed E-state index contributed by atoms with van der Waals surface area (Å²) < 4.78 is 7.23. The fraction of sp³-hybridized carbons (Fsp3) is 0.364. The van der Waals surface area contributed by atoms with Crippen molar-refractivity contribution < 1.29 is 4.74 Å². The number of nitrogens with zero attached hydrogens (tertiary/aromatic N) is 3. The highest BCUT2D eigenvalue weighted by atomic mass is 32.2. The van der Waals surface area contributed by atoms with Crippen LogP contribution in [0.5, 0.6) is 0 Å². The topological polar surface area (TPSA) is 47.4 Å². The predicted molar refractivity (Wildman–Crippen MR) is 115 cm³/mol. The Morgan fingerprint density at radius 3 is 2.50 bits per heavy atom. The van der Waals surface area contributed by atoms with E-state index >= 15 is 0 Å². The van der Waals surface area contributed by atoms with Gasteiger partial charge < -0.3 is 4.74 Å². The van der Waals surface area contributed by atoms with Crippen molar-refractivity contribution in [3.8, 4) is 5.69 Å². The van der Waals surface area contributed by atoms with Crippen molar-refractivity contribution in [1.82, 2.24) is 14.5 Å². The summed E-state index contributed by atoms with van der Waals surface area (Å²) in [4.78, 5) is 20.7. The molecule has 5 nitrogen and oxygen atoms in total. The number of aryl methyl sites for hydroxylation is 2. The molecule has 0 radical (unpaired) electrons. The summed E-state index contributed by atoms with van der Waals surface area (Å²) in [6, 6.07) is 13.7. The number of aromatic nitrogens is 2. The summed E-state index contributed by atoms with van der Waals surface area (Å²) in [7, 11) is 0. The Morgan fingerprint density at radius 2 is 1.75 bits per heavy atom. The van der Waals surface area contributed by atoms with E-state index in [9.17, 15) is 4.79 Å². The number of fused-ring (bicyclic) bond motifs is 1. The largest absolute Gasteiger partial charge is 0.379 e. The van der Waals surface area contributed by atoms with E-state index in [1.165, 1.54) is 0 Å². The lowest BCUT2D eigenvalue weighted by molar-refractivity contribution is 0.0410. The highest BCUT2D eigenvalue weighted by Crippen LogP contribution is 2.25. The first-order valence-electron chi connectivity index (χ1n) is 9.66. The van der Waals surface area contributed by atoms with Crippen molar-refractivity contribution >= 4 is 22.7 Å². The second-order valence-electron chi connectivity index (χ2n) is 7.09. The monoisotopic (exact) mass is 395 g/mol. The molecule has 1 aliphatic heterocycles. The van der Waals surface area contributed by atoms with Crippen molar-refractivity contribution in [3.63, 3.8) is 0 Å². The smallest absolute Gasteiger partial charge is 0.266 e. The van der Waals surface area contributed by atoms with Gasteiger partial charge in [-0.1, -0.05) is 42.1 Å². The van der Waals surface area contributed by atoms with Crippen LogP contribution in [0, 0.1) is 13.8 Å². The molecule has 0 saturated carbocycles. The van der Waals surface area contributed by atoms with Gasteiger partial charge in [0.1, 0.15) is 0 Å². The van der Waals surface area contributed by atoms with Crippen molar-refractivity contribution in [1.29, 1.82) is 0 Å². The molecule has 6 heteroatoms. The number of para-hydroxylation sites is 2. The van der Waals surface area contributed by atoms with Crippen LogP contribution in [0.3, 0.4) is 0 Å². The van der Waals surface area contributed by atoms with E-state index in [2.05, 4.69) is 4.90 Å². The Morgan fingerprint density at radius 1 is 1.04 bits per heavy atom. The van der Waals surface area contributed by atoms with E-state index in [0.29, 0.717) is 5.39 Å². The molecule has 3 aromatic rings. The minimum absolute atomic E-state index is 0.00290. The summed E-state index contributed by atoms with van der Waals surface area (Å²) in [5.41, 5.74) is 3.85. The van der Waals surface area contributed by atoms with Crippen LogP contribution in [0.15, 0.2) is 52.4 Å². The van der Waals surface area contributed by atoms with Gasteiger partial charge in [0.25, 0.3) is 5.56 Å². The molecule has 0 unspecified atom stereocenters. The maximum Gasteiger partial charge on any atom is 0.266 e. The predicted octanol–water partition coefficient (Wildman–Crippen LogP) is 3.43. The van der Waals surface area contributed by atoms with E-state index in [1.54, 1.807) is 16.3 Å². The Hall–Kier alpha value is -2.15. The Balaban J connectivity index is 1.74. The van der Waals surface area contributed by atoms with E-state index in [1.807, 2.05) is 56.3 Å². The second kappa shape index (κ2) is 8.47. The standard InChI is InChI=1S/C22H25N3O2S/c1-16-6-5-7-17(2)20(16)25-21(26)18-8-3-4-9-19(18)23-22(25)28-15-12-24-10-13-27-14-11-24/h3-9H,10-15H2,1-2H3.